The van der Waals surface area contributed by atoms with Crippen LogP contribution in [0.15, 0.2) is 59.4 Å². The van der Waals surface area contributed by atoms with Crippen molar-refractivity contribution in [3.05, 3.63) is 81.8 Å². The van der Waals surface area contributed by atoms with E-state index in [9.17, 15) is 22.8 Å². The number of anilines is 2. The van der Waals surface area contributed by atoms with Gasteiger partial charge in [-0.1, -0.05) is 24.3 Å². The lowest BCUT2D eigenvalue weighted by atomic mass is 10.1. The van der Waals surface area contributed by atoms with Crippen LogP contribution in [0.25, 0.3) is 5.69 Å². The molecule has 0 radical (unpaired) electrons. The van der Waals surface area contributed by atoms with Crippen LogP contribution in [-0.2, 0) is 6.18 Å². The van der Waals surface area contributed by atoms with Crippen LogP contribution in [0.3, 0.4) is 0 Å². The van der Waals surface area contributed by atoms with E-state index in [0.29, 0.717) is 5.69 Å². The molecule has 2 heterocycles. The number of alkyl halides is 3. The van der Waals surface area contributed by atoms with Crippen LogP contribution in [0.4, 0.5) is 24.5 Å². The number of carbonyl (C=O) groups excluding carboxylic acids is 1. The van der Waals surface area contributed by atoms with Crippen molar-refractivity contribution in [1.82, 2.24) is 14.7 Å². The average Bonchev–Trinajstić information content (AvgIpc) is 2.79. The van der Waals surface area contributed by atoms with Crippen molar-refractivity contribution in [2.45, 2.75) is 13.1 Å². The van der Waals surface area contributed by atoms with Gasteiger partial charge in [0.2, 0.25) is 5.43 Å². The summed E-state index contributed by atoms with van der Waals surface area (Å²) in [7, 11) is 2.04. The van der Waals surface area contributed by atoms with Crippen LogP contribution in [0.1, 0.15) is 21.7 Å². The van der Waals surface area contributed by atoms with E-state index in [4.69, 9.17) is 0 Å². The van der Waals surface area contributed by atoms with Crippen LogP contribution in [0.2, 0.25) is 0 Å². The summed E-state index contributed by atoms with van der Waals surface area (Å²) in [5.41, 5.74) is -0.861. The van der Waals surface area contributed by atoms with E-state index >= 15 is 0 Å². The Morgan fingerprint density at radius 2 is 1.59 bits per heavy atom. The van der Waals surface area contributed by atoms with Crippen LogP contribution < -0.4 is 15.6 Å². The molecule has 0 bridgehead atoms. The second kappa shape index (κ2) is 9.30. The summed E-state index contributed by atoms with van der Waals surface area (Å²) in [5, 5.41) is 6.76. The maximum absolute atomic E-state index is 13.5. The molecule has 1 amide bonds. The van der Waals surface area contributed by atoms with Gasteiger partial charge in [-0.3, -0.25) is 9.59 Å². The summed E-state index contributed by atoms with van der Waals surface area (Å²) < 4.78 is 41.6. The molecule has 2 aromatic carbocycles. The Bertz CT molecular complexity index is 1260. The molecule has 1 fully saturated rings. The lowest BCUT2D eigenvalue weighted by molar-refractivity contribution is -0.137. The molecule has 1 saturated heterocycles. The molecule has 3 aromatic rings. The first-order valence-corrected chi connectivity index (χ1v) is 10.8. The fraction of sp³-hybridized carbons (Fsp3) is 0.292. The largest absolute Gasteiger partial charge is 0.418 e. The van der Waals surface area contributed by atoms with Crippen molar-refractivity contribution < 1.29 is 18.0 Å². The number of hydrogen-bond donors (Lipinski definition) is 1. The fourth-order valence-electron chi connectivity index (χ4n) is 3.93. The number of halogens is 3. The van der Waals surface area contributed by atoms with E-state index in [-0.39, 0.29) is 11.4 Å². The maximum Gasteiger partial charge on any atom is 0.418 e. The van der Waals surface area contributed by atoms with Crippen LogP contribution in [0.5, 0.6) is 0 Å². The molecule has 10 heteroatoms. The van der Waals surface area contributed by atoms with Crippen molar-refractivity contribution in [2.75, 3.05) is 43.4 Å². The number of rotatable bonds is 4. The first-order chi connectivity index (χ1) is 16.1. The van der Waals surface area contributed by atoms with Crippen molar-refractivity contribution in [2.24, 2.45) is 0 Å². The van der Waals surface area contributed by atoms with Gasteiger partial charge in [-0.05, 0) is 38.2 Å². The van der Waals surface area contributed by atoms with Crippen LogP contribution in [-0.4, -0.2) is 53.8 Å². The number of aromatic nitrogens is 2. The average molecular weight is 471 g/mol. The van der Waals surface area contributed by atoms with Gasteiger partial charge >= 0.3 is 6.18 Å². The SMILES string of the molecule is Cc1cc(=O)c(C(=O)Nc2ccccc2N2CCN(C)CC2)nn1-c1ccccc1C(F)(F)F. The number of hydrogen-bond acceptors (Lipinski definition) is 5. The Kier molecular flexibility index (Phi) is 6.43. The summed E-state index contributed by atoms with van der Waals surface area (Å²) >= 11 is 0. The number of amides is 1. The van der Waals surface area contributed by atoms with Gasteiger partial charge in [0.15, 0.2) is 5.69 Å². The Morgan fingerprint density at radius 3 is 2.26 bits per heavy atom. The van der Waals surface area contributed by atoms with E-state index in [1.54, 1.807) is 12.1 Å². The number of piperazine rings is 1. The van der Waals surface area contributed by atoms with Gasteiger partial charge in [0.1, 0.15) is 0 Å². The maximum atomic E-state index is 13.5. The molecule has 1 aliphatic rings. The number of nitrogens with zero attached hydrogens (tertiary/aromatic N) is 4. The monoisotopic (exact) mass is 471 g/mol. The number of benzene rings is 2. The molecule has 0 aliphatic carbocycles. The Morgan fingerprint density at radius 1 is 0.971 bits per heavy atom. The van der Waals surface area contributed by atoms with E-state index in [1.807, 2.05) is 19.2 Å². The van der Waals surface area contributed by atoms with Gasteiger partial charge in [0, 0.05) is 37.9 Å². The smallest absolute Gasteiger partial charge is 0.367 e. The van der Waals surface area contributed by atoms with Gasteiger partial charge in [-0.25, -0.2) is 4.68 Å². The molecule has 4 rings (SSSR count). The second-order valence-corrected chi connectivity index (χ2v) is 8.19. The van der Waals surface area contributed by atoms with Crippen LogP contribution in [0, 0.1) is 6.92 Å². The van der Waals surface area contributed by atoms with Crippen molar-refractivity contribution in [3.63, 3.8) is 0 Å². The van der Waals surface area contributed by atoms with Crippen molar-refractivity contribution in [3.8, 4) is 5.69 Å². The summed E-state index contributed by atoms with van der Waals surface area (Å²) in [4.78, 5) is 30.0. The number of likely N-dealkylation sites (N-methyl/N-ethyl adjacent to an activating group) is 1. The van der Waals surface area contributed by atoms with Gasteiger partial charge < -0.3 is 15.1 Å². The van der Waals surface area contributed by atoms with Gasteiger partial charge in [-0.2, -0.15) is 18.3 Å². The summed E-state index contributed by atoms with van der Waals surface area (Å²) in [6, 6.07) is 13.2. The Labute approximate surface area is 194 Å². The molecule has 0 unspecified atom stereocenters. The van der Waals surface area contributed by atoms with Gasteiger partial charge in [0.25, 0.3) is 5.91 Å². The fourth-order valence-corrected chi connectivity index (χ4v) is 3.93. The number of carbonyl (C=O) groups is 1. The second-order valence-electron chi connectivity index (χ2n) is 8.19. The number of nitrogens with one attached hydrogen (secondary N) is 1. The first-order valence-electron chi connectivity index (χ1n) is 10.8. The first kappa shape index (κ1) is 23.5. The third-order valence-corrected chi connectivity index (χ3v) is 5.76. The molecular formula is C24H24F3N5O2. The topological polar surface area (TPSA) is 70.5 Å². The lowest BCUT2D eigenvalue weighted by Gasteiger charge is -2.35. The third-order valence-electron chi connectivity index (χ3n) is 5.76. The van der Waals surface area contributed by atoms with Crippen molar-refractivity contribution in [1.29, 1.82) is 0 Å². The van der Waals surface area contributed by atoms with Gasteiger partial charge in [0.05, 0.1) is 22.6 Å². The molecule has 34 heavy (non-hydrogen) atoms. The molecule has 1 N–H and O–H groups in total. The Hall–Kier alpha value is -3.66. The summed E-state index contributed by atoms with van der Waals surface area (Å²) in [5.74, 6) is -0.787. The Balaban J connectivity index is 1.69. The molecule has 178 valence electrons. The van der Waals surface area contributed by atoms with Gasteiger partial charge in [-0.15, -0.1) is 0 Å². The predicted molar refractivity (Wildman–Crippen MR) is 124 cm³/mol. The highest BCUT2D eigenvalue weighted by Crippen LogP contribution is 2.33. The minimum absolute atomic E-state index is 0.177. The van der Waals surface area contributed by atoms with E-state index in [0.717, 1.165) is 48.7 Å². The van der Waals surface area contributed by atoms with E-state index < -0.39 is 28.8 Å². The highest BCUT2D eigenvalue weighted by molar-refractivity contribution is 6.04. The minimum Gasteiger partial charge on any atom is -0.367 e. The standard InChI is InChI=1S/C24H24F3N5O2/c1-16-15-21(33)22(29-32(16)19-9-5-3-7-17(19)24(25,26)27)23(34)28-18-8-4-6-10-20(18)31-13-11-30(2)12-14-31/h3-10,15H,11-14H2,1-2H3,(H,28,34). The zero-order chi connectivity index (χ0) is 24.5. The number of para-hydroxylation sites is 3. The number of aryl methyl sites for hydroxylation is 1. The molecule has 1 aliphatic heterocycles. The van der Waals surface area contributed by atoms with E-state index in [1.165, 1.54) is 25.1 Å². The quantitative estimate of drug-likeness (QED) is 0.630. The minimum atomic E-state index is -4.63. The summed E-state index contributed by atoms with van der Waals surface area (Å²) in [6.07, 6.45) is -4.63. The van der Waals surface area contributed by atoms with E-state index in [2.05, 4.69) is 20.2 Å². The van der Waals surface area contributed by atoms with Crippen molar-refractivity contribution >= 4 is 17.3 Å². The van der Waals surface area contributed by atoms with Crippen LogP contribution >= 0.6 is 0 Å². The molecule has 0 spiro atoms. The zero-order valence-corrected chi connectivity index (χ0v) is 18.8. The molecular weight excluding hydrogens is 447 g/mol. The summed E-state index contributed by atoms with van der Waals surface area (Å²) in [6.45, 7) is 4.74. The molecule has 0 saturated carbocycles. The normalized spacial score (nSPS) is 14.8. The predicted octanol–water partition coefficient (Wildman–Crippen LogP) is 3.56. The highest BCUT2D eigenvalue weighted by Gasteiger charge is 2.34. The molecule has 1 aromatic heterocycles. The molecule has 7 nitrogen and oxygen atoms in total. The lowest BCUT2D eigenvalue weighted by Crippen LogP contribution is -2.44. The zero-order valence-electron chi connectivity index (χ0n) is 18.8. The highest BCUT2D eigenvalue weighted by atomic mass is 19.4. The third kappa shape index (κ3) is 4.81. The molecule has 0 atom stereocenters.